The summed E-state index contributed by atoms with van der Waals surface area (Å²) in [7, 11) is 0. The van der Waals surface area contributed by atoms with E-state index in [0.29, 0.717) is 12.8 Å². The maximum atomic E-state index is 11.1. The summed E-state index contributed by atoms with van der Waals surface area (Å²) in [5.74, 6) is -1.35. The molecule has 1 aromatic rings. The standard InChI is InChI=1S/C13H18O3/c1-9-4-3-5-11(8-9)12(13(15)16)7-6-10(2)14/h3-5,8,10,12,14H,6-7H2,1-2H3,(H,15,16). The Kier molecular flexibility index (Phi) is 4.50. The summed E-state index contributed by atoms with van der Waals surface area (Å²) < 4.78 is 0. The Morgan fingerprint density at radius 3 is 2.56 bits per heavy atom. The van der Waals surface area contributed by atoms with Crippen LogP contribution in [0.15, 0.2) is 24.3 Å². The Morgan fingerprint density at radius 2 is 2.06 bits per heavy atom. The highest BCUT2D eigenvalue weighted by Crippen LogP contribution is 2.23. The molecule has 2 atom stereocenters. The van der Waals surface area contributed by atoms with Gasteiger partial charge in [-0.1, -0.05) is 29.8 Å². The highest BCUT2D eigenvalue weighted by atomic mass is 16.4. The second-order valence-corrected chi connectivity index (χ2v) is 4.23. The minimum absolute atomic E-state index is 0.452. The maximum Gasteiger partial charge on any atom is 0.310 e. The molecule has 2 N–H and O–H groups in total. The average molecular weight is 222 g/mol. The Balaban J connectivity index is 2.81. The van der Waals surface area contributed by atoms with Gasteiger partial charge in [0.15, 0.2) is 0 Å². The molecular formula is C13H18O3. The molecule has 0 heterocycles. The second-order valence-electron chi connectivity index (χ2n) is 4.23. The van der Waals surface area contributed by atoms with Gasteiger partial charge in [-0.25, -0.2) is 0 Å². The molecule has 0 aliphatic carbocycles. The van der Waals surface area contributed by atoms with Crippen LogP contribution in [-0.4, -0.2) is 22.3 Å². The van der Waals surface area contributed by atoms with Gasteiger partial charge in [0.05, 0.1) is 12.0 Å². The van der Waals surface area contributed by atoms with Gasteiger partial charge in [-0.15, -0.1) is 0 Å². The van der Waals surface area contributed by atoms with Crippen molar-refractivity contribution in [1.29, 1.82) is 0 Å². The molecule has 1 aromatic carbocycles. The van der Waals surface area contributed by atoms with E-state index in [1.54, 1.807) is 6.92 Å². The van der Waals surface area contributed by atoms with Crippen LogP contribution >= 0.6 is 0 Å². The molecule has 16 heavy (non-hydrogen) atoms. The van der Waals surface area contributed by atoms with E-state index in [0.717, 1.165) is 11.1 Å². The summed E-state index contributed by atoms with van der Waals surface area (Å²) in [4.78, 5) is 11.1. The fourth-order valence-corrected chi connectivity index (χ4v) is 1.73. The van der Waals surface area contributed by atoms with Crippen LogP contribution in [-0.2, 0) is 4.79 Å². The molecule has 3 nitrogen and oxygen atoms in total. The number of hydrogen-bond acceptors (Lipinski definition) is 2. The minimum Gasteiger partial charge on any atom is -0.481 e. The Morgan fingerprint density at radius 1 is 1.38 bits per heavy atom. The molecule has 88 valence electrons. The van der Waals surface area contributed by atoms with Gasteiger partial charge in [-0.3, -0.25) is 4.79 Å². The average Bonchev–Trinajstić information content (AvgIpc) is 2.17. The van der Waals surface area contributed by atoms with Crippen molar-refractivity contribution in [3.63, 3.8) is 0 Å². The summed E-state index contributed by atoms with van der Waals surface area (Å²) in [6.07, 6.45) is 0.521. The lowest BCUT2D eigenvalue weighted by Crippen LogP contribution is -2.14. The number of aliphatic hydroxyl groups is 1. The first-order valence-electron chi connectivity index (χ1n) is 5.48. The molecule has 1 rings (SSSR count). The lowest BCUT2D eigenvalue weighted by Gasteiger charge is -2.14. The van der Waals surface area contributed by atoms with E-state index in [-0.39, 0.29) is 0 Å². The predicted octanol–water partition coefficient (Wildman–Crippen LogP) is 2.32. The number of rotatable bonds is 5. The third-order valence-corrected chi connectivity index (χ3v) is 2.62. The number of carbonyl (C=O) groups is 1. The van der Waals surface area contributed by atoms with Crippen LogP contribution in [0.4, 0.5) is 0 Å². The van der Waals surface area contributed by atoms with Crippen LogP contribution in [0.3, 0.4) is 0 Å². The second kappa shape index (κ2) is 5.66. The Labute approximate surface area is 95.7 Å². The van der Waals surface area contributed by atoms with Crippen molar-refractivity contribution in [2.75, 3.05) is 0 Å². The lowest BCUT2D eigenvalue weighted by atomic mass is 9.92. The van der Waals surface area contributed by atoms with E-state index >= 15 is 0 Å². The fraction of sp³-hybridized carbons (Fsp3) is 0.462. The molecular weight excluding hydrogens is 204 g/mol. The summed E-state index contributed by atoms with van der Waals surface area (Å²) in [6, 6.07) is 7.52. The van der Waals surface area contributed by atoms with Crippen molar-refractivity contribution < 1.29 is 15.0 Å². The van der Waals surface area contributed by atoms with E-state index in [2.05, 4.69) is 0 Å². The maximum absolute atomic E-state index is 11.1. The van der Waals surface area contributed by atoms with E-state index < -0.39 is 18.0 Å². The molecule has 0 saturated carbocycles. The van der Waals surface area contributed by atoms with Crippen LogP contribution in [0, 0.1) is 6.92 Å². The van der Waals surface area contributed by atoms with Crippen molar-refractivity contribution in [2.45, 2.75) is 38.7 Å². The summed E-state index contributed by atoms with van der Waals surface area (Å²) in [6.45, 7) is 3.62. The predicted molar refractivity (Wildman–Crippen MR) is 62.5 cm³/mol. The molecule has 0 aliphatic heterocycles. The highest BCUT2D eigenvalue weighted by Gasteiger charge is 2.20. The molecule has 0 amide bonds. The van der Waals surface area contributed by atoms with Crippen molar-refractivity contribution in [2.24, 2.45) is 0 Å². The first kappa shape index (κ1) is 12.7. The SMILES string of the molecule is Cc1cccc(C(CCC(C)O)C(=O)O)c1. The smallest absolute Gasteiger partial charge is 0.310 e. The lowest BCUT2D eigenvalue weighted by molar-refractivity contribution is -0.139. The van der Waals surface area contributed by atoms with Crippen LogP contribution in [0.1, 0.15) is 36.8 Å². The largest absolute Gasteiger partial charge is 0.481 e. The van der Waals surface area contributed by atoms with Crippen LogP contribution in [0.2, 0.25) is 0 Å². The minimum atomic E-state index is -0.828. The third-order valence-electron chi connectivity index (χ3n) is 2.62. The molecule has 0 bridgehead atoms. The third kappa shape index (κ3) is 3.66. The molecule has 3 heteroatoms. The van der Waals surface area contributed by atoms with Crippen LogP contribution in [0.25, 0.3) is 0 Å². The van der Waals surface area contributed by atoms with Crippen molar-refractivity contribution in [1.82, 2.24) is 0 Å². The van der Waals surface area contributed by atoms with Gasteiger partial charge in [0.25, 0.3) is 0 Å². The quantitative estimate of drug-likeness (QED) is 0.803. The number of aliphatic hydroxyl groups excluding tert-OH is 1. The van der Waals surface area contributed by atoms with Crippen molar-refractivity contribution >= 4 is 5.97 Å². The normalized spacial score (nSPS) is 14.4. The Bertz CT molecular complexity index is 358. The number of aliphatic carboxylic acids is 1. The summed E-state index contributed by atoms with van der Waals surface area (Å²) >= 11 is 0. The number of benzene rings is 1. The van der Waals surface area contributed by atoms with E-state index in [1.807, 2.05) is 31.2 Å². The van der Waals surface area contributed by atoms with E-state index in [9.17, 15) is 9.90 Å². The molecule has 0 saturated heterocycles. The van der Waals surface area contributed by atoms with Crippen LogP contribution < -0.4 is 0 Å². The van der Waals surface area contributed by atoms with Gasteiger partial charge in [0, 0.05) is 0 Å². The fourth-order valence-electron chi connectivity index (χ4n) is 1.73. The highest BCUT2D eigenvalue weighted by molar-refractivity contribution is 5.76. The first-order valence-corrected chi connectivity index (χ1v) is 5.48. The summed E-state index contributed by atoms with van der Waals surface area (Å²) in [5, 5.41) is 18.3. The molecule has 2 unspecified atom stereocenters. The number of aryl methyl sites for hydroxylation is 1. The van der Waals surface area contributed by atoms with Crippen LogP contribution in [0.5, 0.6) is 0 Å². The van der Waals surface area contributed by atoms with Gasteiger partial charge in [-0.05, 0) is 32.3 Å². The molecule has 0 fully saturated rings. The molecule has 0 aromatic heterocycles. The van der Waals surface area contributed by atoms with Crippen molar-refractivity contribution in [3.8, 4) is 0 Å². The number of hydrogen-bond donors (Lipinski definition) is 2. The van der Waals surface area contributed by atoms with Gasteiger partial charge in [0.1, 0.15) is 0 Å². The van der Waals surface area contributed by atoms with Gasteiger partial charge in [0.2, 0.25) is 0 Å². The molecule has 0 aliphatic rings. The van der Waals surface area contributed by atoms with E-state index in [1.165, 1.54) is 0 Å². The zero-order valence-electron chi connectivity index (χ0n) is 9.68. The van der Waals surface area contributed by atoms with Gasteiger partial charge < -0.3 is 10.2 Å². The summed E-state index contributed by atoms with van der Waals surface area (Å²) in [5.41, 5.74) is 1.87. The zero-order valence-corrected chi connectivity index (χ0v) is 9.68. The molecule has 0 spiro atoms. The molecule has 0 radical (unpaired) electrons. The number of carboxylic acids is 1. The van der Waals surface area contributed by atoms with Crippen molar-refractivity contribution in [3.05, 3.63) is 35.4 Å². The van der Waals surface area contributed by atoms with E-state index in [4.69, 9.17) is 5.11 Å². The van der Waals surface area contributed by atoms with Gasteiger partial charge in [-0.2, -0.15) is 0 Å². The topological polar surface area (TPSA) is 57.5 Å². The number of carboxylic acid groups (broad SMARTS) is 1. The first-order chi connectivity index (χ1) is 7.50. The Hall–Kier alpha value is -1.35. The zero-order chi connectivity index (χ0) is 12.1. The monoisotopic (exact) mass is 222 g/mol. The van der Waals surface area contributed by atoms with Gasteiger partial charge >= 0.3 is 5.97 Å².